The van der Waals surface area contributed by atoms with E-state index in [0.717, 1.165) is 39.4 Å². The van der Waals surface area contributed by atoms with Crippen molar-refractivity contribution in [2.45, 2.75) is 38.1 Å². The van der Waals surface area contributed by atoms with E-state index in [1.807, 2.05) is 0 Å². The zero-order valence-corrected chi connectivity index (χ0v) is 13.4. The Morgan fingerprint density at radius 2 is 1.95 bits per heavy atom. The normalized spacial score (nSPS) is 31.0. The molecule has 6 nitrogen and oxygen atoms in total. The van der Waals surface area contributed by atoms with Gasteiger partial charge in [0.25, 0.3) is 0 Å². The van der Waals surface area contributed by atoms with Crippen molar-refractivity contribution in [2.24, 2.45) is 16.1 Å². The van der Waals surface area contributed by atoms with Crippen LogP contribution >= 0.6 is 12.4 Å². The van der Waals surface area contributed by atoms with Crippen molar-refractivity contribution in [3.05, 3.63) is 12.0 Å². The molecule has 3 rings (SSSR count). The molecule has 2 N–H and O–H groups in total. The lowest BCUT2D eigenvalue weighted by atomic mass is 9.93. The second kappa shape index (κ2) is 7.54. The van der Waals surface area contributed by atoms with Gasteiger partial charge in [0.05, 0.1) is 19.8 Å². The third-order valence-corrected chi connectivity index (χ3v) is 4.77. The SMILES string of the molecule is Cl.NC1=C[N+](CCN2CCOCC2)(C2CCCCC2)N=N1. The highest BCUT2D eigenvalue weighted by atomic mass is 35.5. The monoisotopic (exact) mass is 316 g/mol. The molecule has 0 aromatic heterocycles. The van der Waals surface area contributed by atoms with Gasteiger partial charge in [-0.15, -0.1) is 17.0 Å². The fourth-order valence-corrected chi connectivity index (χ4v) is 3.54. The Kier molecular flexibility index (Phi) is 5.98. The lowest BCUT2D eigenvalue weighted by Crippen LogP contribution is -2.51. The van der Waals surface area contributed by atoms with Crippen LogP contribution in [0, 0.1) is 0 Å². The molecular formula is C14H27ClN5O+. The van der Waals surface area contributed by atoms with Crippen molar-refractivity contribution in [3.8, 4) is 0 Å². The smallest absolute Gasteiger partial charge is 0.207 e. The van der Waals surface area contributed by atoms with E-state index in [2.05, 4.69) is 21.4 Å². The van der Waals surface area contributed by atoms with Crippen LogP contribution < -0.4 is 5.73 Å². The molecule has 2 heterocycles. The van der Waals surface area contributed by atoms with E-state index in [-0.39, 0.29) is 12.4 Å². The Balaban J connectivity index is 0.00000161. The second-order valence-electron chi connectivity index (χ2n) is 6.10. The number of halogens is 1. The molecule has 0 aromatic carbocycles. The van der Waals surface area contributed by atoms with Gasteiger partial charge in [-0.25, -0.2) is 0 Å². The Morgan fingerprint density at radius 3 is 2.57 bits per heavy atom. The minimum absolute atomic E-state index is 0. The standard InChI is InChI=1S/C14H26N5O.ClH/c15-14-12-19(17-16-14,13-4-2-1-3-5-13)9-6-18-7-10-20-11-8-18;/h12-13H,1-11,15H2;1H/q+1;. The molecule has 1 unspecified atom stereocenters. The van der Waals surface area contributed by atoms with Crippen LogP contribution in [0.25, 0.3) is 0 Å². The van der Waals surface area contributed by atoms with Crippen LogP contribution in [0.4, 0.5) is 0 Å². The number of nitrogens with two attached hydrogens (primary N) is 1. The molecular weight excluding hydrogens is 290 g/mol. The highest BCUT2D eigenvalue weighted by Crippen LogP contribution is 2.33. The number of hydrogen-bond donors (Lipinski definition) is 1. The zero-order valence-electron chi connectivity index (χ0n) is 12.6. The maximum Gasteiger partial charge on any atom is 0.207 e. The van der Waals surface area contributed by atoms with E-state index in [1.54, 1.807) is 0 Å². The fraction of sp³-hybridized carbons (Fsp3) is 0.857. The quantitative estimate of drug-likeness (QED) is 0.807. The van der Waals surface area contributed by atoms with Gasteiger partial charge >= 0.3 is 0 Å². The van der Waals surface area contributed by atoms with Crippen molar-refractivity contribution in [1.29, 1.82) is 0 Å². The lowest BCUT2D eigenvalue weighted by molar-refractivity contribution is -0.913. The minimum atomic E-state index is 0. The minimum Gasteiger partial charge on any atom is -0.379 e. The number of nitrogens with zero attached hydrogens (tertiary/aromatic N) is 4. The first-order valence-electron chi connectivity index (χ1n) is 7.88. The Bertz CT molecular complexity index is 391. The molecule has 1 saturated carbocycles. The summed E-state index contributed by atoms with van der Waals surface area (Å²) < 4.78 is 6.04. The van der Waals surface area contributed by atoms with Gasteiger partial charge < -0.3 is 10.5 Å². The van der Waals surface area contributed by atoms with Gasteiger partial charge in [0, 0.05) is 31.2 Å². The summed E-state index contributed by atoms with van der Waals surface area (Å²) in [5.41, 5.74) is 5.88. The van der Waals surface area contributed by atoms with Crippen LogP contribution in [0.2, 0.25) is 0 Å². The number of morpholine rings is 1. The second-order valence-corrected chi connectivity index (χ2v) is 6.10. The van der Waals surface area contributed by atoms with Gasteiger partial charge in [0.15, 0.2) is 6.20 Å². The molecule has 2 fully saturated rings. The first kappa shape index (κ1) is 16.7. The van der Waals surface area contributed by atoms with E-state index in [9.17, 15) is 0 Å². The highest BCUT2D eigenvalue weighted by molar-refractivity contribution is 5.85. The zero-order chi connectivity index (χ0) is 13.8. The molecule has 120 valence electrons. The van der Waals surface area contributed by atoms with E-state index in [0.29, 0.717) is 16.5 Å². The Hall–Kier alpha value is -0.690. The maximum atomic E-state index is 5.88. The van der Waals surface area contributed by atoms with Crippen LogP contribution in [-0.2, 0) is 4.74 Å². The molecule has 1 saturated heterocycles. The molecule has 3 aliphatic rings. The maximum absolute atomic E-state index is 5.88. The lowest BCUT2D eigenvalue weighted by Gasteiger charge is -2.37. The molecule has 0 radical (unpaired) electrons. The molecule has 0 aromatic rings. The molecule has 7 heteroatoms. The largest absolute Gasteiger partial charge is 0.379 e. The van der Waals surface area contributed by atoms with Gasteiger partial charge in [0.1, 0.15) is 12.6 Å². The molecule has 21 heavy (non-hydrogen) atoms. The van der Waals surface area contributed by atoms with E-state index in [4.69, 9.17) is 10.5 Å². The predicted octanol–water partition coefficient (Wildman–Crippen LogP) is 2.03. The summed E-state index contributed by atoms with van der Waals surface area (Å²) in [6.45, 7) is 5.78. The average Bonchev–Trinajstić information content (AvgIpc) is 2.90. The van der Waals surface area contributed by atoms with Crippen LogP contribution in [0.3, 0.4) is 0 Å². The van der Waals surface area contributed by atoms with Gasteiger partial charge in [-0.1, -0.05) is 11.5 Å². The fourth-order valence-electron chi connectivity index (χ4n) is 3.54. The van der Waals surface area contributed by atoms with Crippen LogP contribution in [0.15, 0.2) is 22.4 Å². The summed E-state index contributed by atoms with van der Waals surface area (Å²) in [6, 6.07) is 0.564. The summed E-state index contributed by atoms with van der Waals surface area (Å²) >= 11 is 0. The van der Waals surface area contributed by atoms with Crippen LogP contribution in [0.1, 0.15) is 32.1 Å². The Labute approximate surface area is 133 Å². The summed E-state index contributed by atoms with van der Waals surface area (Å²) in [5, 5.41) is 8.66. The van der Waals surface area contributed by atoms with Crippen molar-refractivity contribution >= 4 is 12.4 Å². The number of rotatable bonds is 4. The van der Waals surface area contributed by atoms with Crippen molar-refractivity contribution in [2.75, 3.05) is 39.4 Å². The number of quaternary nitrogens is 1. The Morgan fingerprint density at radius 1 is 1.24 bits per heavy atom. The van der Waals surface area contributed by atoms with Crippen molar-refractivity contribution in [3.63, 3.8) is 0 Å². The number of hydrogen-bond acceptors (Lipinski definition) is 5. The highest BCUT2D eigenvalue weighted by Gasteiger charge is 2.41. The summed E-state index contributed by atoms with van der Waals surface area (Å²) in [6.07, 6.45) is 8.53. The third-order valence-electron chi connectivity index (χ3n) is 4.77. The van der Waals surface area contributed by atoms with E-state index < -0.39 is 0 Å². The summed E-state index contributed by atoms with van der Waals surface area (Å²) in [5.74, 6) is 0.581. The third kappa shape index (κ3) is 3.94. The van der Waals surface area contributed by atoms with Gasteiger partial charge in [0.2, 0.25) is 5.82 Å². The molecule has 0 spiro atoms. The summed E-state index contributed by atoms with van der Waals surface area (Å²) in [4.78, 5) is 2.46. The molecule has 0 bridgehead atoms. The first-order valence-corrected chi connectivity index (χ1v) is 7.88. The van der Waals surface area contributed by atoms with Crippen LogP contribution in [-0.4, -0.2) is 54.9 Å². The first-order chi connectivity index (χ1) is 9.78. The average molecular weight is 317 g/mol. The summed E-state index contributed by atoms with van der Waals surface area (Å²) in [7, 11) is 0. The van der Waals surface area contributed by atoms with E-state index >= 15 is 0 Å². The predicted molar refractivity (Wildman–Crippen MR) is 83.6 cm³/mol. The van der Waals surface area contributed by atoms with Gasteiger partial charge in [-0.2, -0.15) is 0 Å². The number of ether oxygens (including phenoxy) is 1. The molecule has 0 amide bonds. The van der Waals surface area contributed by atoms with Gasteiger partial charge in [-0.05, 0) is 12.8 Å². The van der Waals surface area contributed by atoms with Crippen LogP contribution in [0.5, 0.6) is 0 Å². The van der Waals surface area contributed by atoms with E-state index in [1.165, 1.54) is 32.1 Å². The van der Waals surface area contributed by atoms with Crippen molar-refractivity contribution in [1.82, 2.24) is 4.90 Å². The molecule has 1 atom stereocenters. The molecule has 1 aliphatic carbocycles. The van der Waals surface area contributed by atoms with Gasteiger partial charge in [-0.3, -0.25) is 4.90 Å². The van der Waals surface area contributed by atoms with Crippen molar-refractivity contribution < 1.29 is 9.33 Å². The molecule has 2 aliphatic heterocycles. The topological polar surface area (TPSA) is 63.2 Å².